The molecule has 0 N–H and O–H groups in total. The van der Waals surface area contributed by atoms with E-state index in [9.17, 15) is 0 Å². The fraction of sp³-hybridized carbons (Fsp3) is 0.286. The van der Waals surface area contributed by atoms with Crippen LogP contribution >= 0.6 is 11.8 Å². The molecule has 1 saturated carbocycles. The van der Waals surface area contributed by atoms with Crippen molar-refractivity contribution in [2.45, 2.75) is 30.5 Å². The van der Waals surface area contributed by atoms with E-state index < -0.39 is 0 Å². The molecular formula is C21H20N4OS. The molecule has 0 amide bonds. The molecule has 1 fully saturated rings. The first kappa shape index (κ1) is 17.6. The molecule has 1 heterocycles. The highest BCUT2D eigenvalue weighted by atomic mass is 32.2. The van der Waals surface area contributed by atoms with E-state index in [1.165, 1.54) is 18.4 Å². The van der Waals surface area contributed by atoms with Gasteiger partial charge in [-0.05, 0) is 36.6 Å². The molecule has 5 nitrogen and oxygen atoms in total. The van der Waals surface area contributed by atoms with Crippen molar-refractivity contribution < 1.29 is 4.74 Å². The molecule has 0 saturated heterocycles. The maximum absolute atomic E-state index is 8.96. The van der Waals surface area contributed by atoms with Gasteiger partial charge in [0.25, 0.3) is 0 Å². The van der Waals surface area contributed by atoms with Gasteiger partial charge in [-0.3, -0.25) is 0 Å². The Labute approximate surface area is 163 Å². The van der Waals surface area contributed by atoms with Gasteiger partial charge in [0.1, 0.15) is 11.6 Å². The first-order chi connectivity index (χ1) is 13.3. The van der Waals surface area contributed by atoms with E-state index in [2.05, 4.69) is 45.1 Å². The second-order valence-corrected chi connectivity index (χ2v) is 7.59. The number of rotatable bonds is 8. The summed E-state index contributed by atoms with van der Waals surface area (Å²) in [5.74, 6) is 3.15. The molecular weight excluding hydrogens is 356 g/mol. The van der Waals surface area contributed by atoms with Gasteiger partial charge in [0, 0.05) is 11.7 Å². The summed E-state index contributed by atoms with van der Waals surface area (Å²) in [6, 6.07) is 19.8. The van der Waals surface area contributed by atoms with Gasteiger partial charge in [0.15, 0.2) is 5.16 Å². The van der Waals surface area contributed by atoms with Crippen molar-refractivity contribution in [3.63, 3.8) is 0 Å². The molecule has 0 unspecified atom stereocenters. The summed E-state index contributed by atoms with van der Waals surface area (Å²) in [5.41, 5.74) is 1.86. The van der Waals surface area contributed by atoms with Crippen molar-refractivity contribution in [1.29, 1.82) is 5.26 Å². The SMILES string of the molecule is N#Cc1cccc(OCCSc2nnc(C3CC3)n2Cc2ccccc2)c1. The average molecular weight is 376 g/mol. The first-order valence-electron chi connectivity index (χ1n) is 9.06. The maximum Gasteiger partial charge on any atom is 0.191 e. The Bertz CT molecular complexity index is 944. The van der Waals surface area contributed by atoms with Crippen molar-refractivity contribution in [3.8, 4) is 11.8 Å². The lowest BCUT2D eigenvalue weighted by molar-refractivity contribution is 0.343. The number of nitrogens with zero attached hydrogens (tertiary/aromatic N) is 4. The van der Waals surface area contributed by atoms with Crippen LogP contribution in [0.5, 0.6) is 5.75 Å². The second kappa shape index (κ2) is 8.28. The highest BCUT2D eigenvalue weighted by Crippen LogP contribution is 2.40. The molecule has 4 rings (SSSR count). The Kier molecular flexibility index (Phi) is 5.40. The highest BCUT2D eigenvalue weighted by Gasteiger charge is 2.30. The second-order valence-electron chi connectivity index (χ2n) is 6.52. The van der Waals surface area contributed by atoms with Crippen molar-refractivity contribution in [2.24, 2.45) is 0 Å². The predicted molar refractivity (Wildman–Crippen MR) is 105 cm³/mol. The Morgan fingerprint density at radius 2 is 1.96 bits per heavy atom. The fourth-order valence-electron chi connectivity index (χ4n) is 2.91. The largest absolute Gasteiger partial charge is 0.493 e. The summed E-state index contributed by atoms with van der Waals surface area (Å²) in [7, 11) is 0. The van der Waals surface area contributed by atoms with Crippen LogP contribution in [0.4, 0.5) is 0 Å². The average Bonchev–Trinajstić information content (AvgIpc) is 3.48. The quantitative estimate of drug-likeness (QED) is 0.434. The summed E-state index contributed by atoms with van der Waals surface area (Å²) in [6.07, 6.45) is 2.41. The molecule has 1 aromatic heterocycles. The number of hydrogen-bond acceptors (Lipinski definition) is 5. The molecule has 0 bridgehead atoms. The fourth-order valence-corrected chi connectivity index (χ4v) is 3.67. The molecule has 27 heavy (non-hydrogen) atoms. The zero-order valence-electron chi connectivity index (χ0n) is 14.9. The van der Waals surface area contributed by atoms with E-state index >= 15 is 0 Å². The number of nitriles is 1. The van der Waals surface area contributed by atoms with Gasteiger partial charge in [-0.15, -0.1) is 10.2 Å². The third-order valence-corrected chi connectivity index (χ3v) is 5.35. The smallest absolute Gasteiger partial charge is 0.191 e. The molecule has 0 atom stereocenters. The molecule has 136 valence electrons. The van der Waals surface area contributed by atoms with Gasteiger partial charge in [0.2, 0.25) is 0 Å². The normalized spacial score (nSPS) is 13.3. The maximum atomic E-state index is 8.96. The van der Waals surface area contributed by atoms with Crippen LogP contribution in [0, 0.1) is 11.3 Å². The van der Waals surface area contributed by atoms with Gasteiger partial charge >= 0.3 is 0 Å². The molecule has 6 heteroatoms. The topological polar surface area (TPSA) is 63.7 Å². The Hall–Kier alpha value is -2.78. The highest BCUT2D eigenvalue weighted by molar-refractivity contribution is 7.99. The zero-order valence-corrected chi connectivity index (χ0v) is 15.7. The monoisotopic (exact) mass is 376 g/mol. The van der Waals surface area contributed by atoms with Crippen molar-refractivity contribution >= 4 is 11.8 Å². The Morgan fingerprint density at radius 1 is 1.11 bits per heavy atom. The lowest BCUT2D eigenvalue weighted by Gasteiger charge is -2.10. The molecule has 1 aliphatic rings. The van der Waals surface area contributed by atoms with Crippen LogP contribution in [-0.2, 0) is 6.54 Å². The van der Waals surface area contributed by atoms with Crippen molar-refractivity contribution in [2.75, 3.05) is 12.4 Å². The summed E-state index contributed by atoms with van der Waals surface area (Å²) in [6.45, 7) is 1.35. The van der Waals surface area contributed by atoms with E-state index in [-0.39, 0.29) is 0 Å². The van der Waals surface area contributed by atoms with Crippen LogP contribution in [0.25, 0.3) is 0 Å². The van der Waals surface area contributed by atoms with Crippen LogP contribution in [0.15, 0.2) is 59.8 Å². The van der Waals surface area contributed by atoms with Gasteiger partial charge < -0.3 is 9.30 Å². The minimum Gasteiger partial charge on any atom is -0.493 e. The van der Waals surface area contributed by atoms with Crippen LogP contribution in [0.1, 0.15) is 35.7 Å². The molecule has 0 radical (unpaired) electrons. The van der Waals surface area contributed by atoms with Crippen molar-refractivity contribution in [1.82, 2.24) is 14.8 Å². The first-order valence-corrected chi connectivity index (χ1v) is 10.0. The predicted octanol–water partition coefficient (Wildman–Crippen LogP) is 4.25. The van der Waals surface area contributed by atoms with Gasteiger partial charge in [0.05, 0.1) is 24.8 Å². The molecule has 0 aliphatic heterocycles. The number of hydrogen-bond donors (Lipinski definition) is 0. The molecule has 1 aliphatic carbocycles. The zero-order chi connectivity index (χ0) is 18.5. The van der Waals surface area contributed by atoms with Crippen LogP contribution < -0.4 is 4.74 Å². The number of benzene rings is 2. The number of ether oxygens (including phenoxy) is 1. The lowest BCUT2D eigenvalue weighted by atomic mass is 10.2. The third kappa shape index (κ3) is 4.50. The number of thioether (sulfide) groups is 1. The summed E-state index contributed by atoms with van der Waals surface area (Å²) in [4.78, 5) is 0. The lowest BCUT2D eigenvalue weighted by Crippen LogP contribution is -2.07. The van der Waals surface area contributed by atoms with E-state index in [4.69, 9.17) is 10.00 Å². The minimum atomic E-state index is 0.552. The standard InChI is InChI=1S/C21H20N4OS/c22-14-17-7-4-8-19(13-17)26-11-12-27-21-24-23-20(18-9-10-18)25(21)15-16-5-2-1-3-6-16/h1-8,13,18H,9-12,15H2. The van der Waals surface area contributed by atoms with E-state index in [1.807, 2.05) is 18.2 Å². The number of aromatic nitrogens is 3. The minimum absolute atomic E-state index is 0.552. The van der Waals surface area contributed by atoms with E-state index in [1.54, 1.807) is 23.9 Å². The van der Waals surface area contributed by atoms with Gasteiger partial charge in [-0.1, -0.05) is 48.2 Å². The molecule has 0 spiro atoms. The third-order valence-electron chi connectivity index (χ3n) is 4.42. The van der Waals surface area contributed by atoms with Gasteiger partial charge in [-0.25, -0.2) is 0 Å². The van der Waals surface area contributed by atoms with E-state index in [0.29, 0.717) is 18.1 Å². The van der Waals surface area contributed by atoms with Crippen LogP contribution in [0.2, 0.25) is 0 Å². The summed E-state index contributed by atoms with van der Waals surface area (Å²) in [5, 5.41) is 18.8. The molecule has 2 aromatic carbocycles. The summed E-state index contributed by atoms with van der Waals surface area (Å²) < 4.78 is 8.01. The summed E-state index contributed by atoms with van der Waals surface area (Å²) >= 11 is 1.66. The van der Waals surface area contributed by atoms with Crippen LogP contribution in [-0.4, -0.2) is 27.1 Å². The van der Waals surface area contributed by atoms with Crippen molar-refractivity contribution in [3.05, 3.63) is 71.5 Å². The Balaban J connectivity index is 1.39. The molecule has 3 aromatic rings. The van der Waals surface area contributed by atoms with Crippen LogP contribution in [0.3, 0.4) is 0 Å². The Morgan fingerprint density at radius 3 is 2.74 bits per heavy atom. The van der Waals surface area contributed by atoms with E-state index in [0.717, 1.165) is 29.0 Å². The van der Waals surface area contributed by atoms with Gasteiger partial charge in [-0.2, -0.15) is 5.26 Å².